The normalized spacial score (nSPS) is 11.7. The molecule has 0 aliphatic rings. The number of nitrogens with zero attached hydrogens (tertiary/aromatic N) is 3. The highest BCUT2D eigenvalue weighted by Crippen LogP contribution is 2.15. The summed E-state index contributed by atoms with van der Waals surface area (Å²) >= 11 is 0. The lowest BCUT2D eigenvalue weighted by atomic mass is 10.1. The SMILES string of the molecule is C[C@@H](c1ccccc1)n1c(=O)c(C(=O)Nc2cccc(F)c2)nn(-c2ccccc2)c1=O. The summed E-state index contributed by atoms with van der Waals surface area (Å²) in [6, 6.07) is 22.1. The third-order valence-electron chi connectivity index (χ3n) is 4.98. The molecule has 7 nitrogen and oxygen atoms in total. The largest absolute Gasteiger partial charge is 0.352 e. The van der Waals surface area contributed by atoms with Gasteiger partial charge in [-0.1, -0.05) is 54.6 Å². The quantitative estimate of drug-likeness (QED) is 0.526. The molecule has 0 saturated heterocycles. The van der Waals surface area contributed by atoms with E-state index >= 15 is 0 Å². The van der Waals surface area contributed by atoms with Crippen molar-refractivity contribution in [1.29, 1.82) is 0 Å². The average Bonchev–Trinajstić information content (AvgIpc) is 2.80. The Hall–Kier alpha value is -4.33. The van der Waals surface area contributed by atoms with E-state index in [1.165, 1.54) is 18.2 Å². The fourth-order valence-electron chi connectivity index (χ4n) is 3.35. The molecule has 160 valence electrons. The zero-order valence-corrected chi connectivity index (χ0v) is 17.1. The highest BCUT2D eigenvalue weighted by Gasteiger charge is 2.24. The number of aromatic nitrogens is 3. The molecule has 1 atom stereocenters. The Morgan fingerprint density at radius 3 is 2.25 bits per heavy atom. The molecule has 1 aromatic heterocycles. The first-order valence-corrected chi connectivity index (χ1v) is 9.89. The average molecular weight is 430 g/mol. The summed E-state index contributed by atoms with van der Waals surface area (Å²) in [5.41, 5.74) is -0.732. The van der Waals surface area contributed by atoms with Crippen molar-refractivity contribution in [2.45, 2.75) is 13.0 Å². The van der Waals surface area contributed by atoms with Crippen molar-refractivity contribution in [3.63, 3.8) is 0 Å². The number of hydrogen-bond acceptors (Lipinski definition) is 4. The van der Waals surface area contributed by atoms with Crippen LogP contribution in [0.2, 0.25) is 0 Å². The van der Waals surface area contributed by atoms with Crippen LogP contribution in [0.1, 0.15) is 29.0 Å². The molecule has 8 heteroatoms. The molecule has 0 aliphatic heterocycles. The lowest BCUT2D eigenvalue weighted by Crippen LogP contribution is -2.46. The summed E-state index contributed by atoms with van der Waals surface area (Å²) in [6.45, 7) is 1.70. The maximum Gasteiger partial charge on any atom is 0.352 e. The third kappa shape index (κ3) is 4.11. The molecule has 4 aromatic rings. The van der Waals surface area contributed by atoms with Gasteiger partial charge in [-0.15, -0.1) is 0 Å². The molecular formula is C24H19FN4O3. The number of halogens is 1. The van der Waals surface area contributed by atoms with Crippen molar-refractivity contribution in [3.8, 4) is 5.69 Å². The smallest absolute Gasteiger partial charge is 0.320 e. The van der Waals surface area contributed by atoms with Crippen LogP contribution in [0.4, 0.5) is 10.1 Å². The standard InChI is InChI=1S/C24H19FN4O3/c1-16(17-9-4-2-5-10-17)28-23(31)21(22(30)26-19-12-8-11-18(25)15-19)27-29(24(28)32)20-13-6-3-7-14-20/h2-16H,1H3,(H,26,30)/t16-/m0/s1. The van der Waals surface area contributed by atoms with Gasteiger partial charge in [-0.05, 0) is 42.8 Å². The fraction of sp³-hybridized carbons (Fsp3) is 0.0833. The van der Waals surface area contributed by atoms with Gasteiger partial charge in [0, 0.05) is 5.69 Å². The van der Waals surface area contributed by atoms with Crippen molar-refractivity contribution in [3.05, 3.63) is 123 Å². The first-order chi connectivity index (χ1) is 15.5. The molecule has 3 aromatic carbocycles. The van der Waals surface area contributed by atoms with E-state index in [1.807, 2.05) is 6.07 Å². The lowest BCUT2D eigenvalue weighted by molar-refractivity contribution is 0.101. The number of benzene rings is 3. The van der Waals surface area contributed by atoms with E-state index in [0.717, 1.165) is 15.3 Å². The molecule has 0 spiro atoms. The number of anilines is 1. The minimum atomic E-state index is -0.848. The molecule has 4 rings (SSSR count). The van der Waals surface area contributed by atoms with Crippen LogP contribution in [0, 0.1) is 5.82 Å². The van der Waals surface area contributed by atoms with E-state index in [4.69, 9.17) is 0 Å². The Labute approximate surface area is 182 Å². The molecule has 0 fully saturated rings. The zero-order chi connectivity index (χ0) is 22.7. The van der Waals surface area contributed by atoms with Crippen molar-refractivity contribution < 1.29 is 9.18 Å². The van der Waals surface area contributed by atoms with Gasteiger partial charge in [0.2, 0.25) is 5.69 Å². The number of rotatable bonds is 5. The van der Waals surface area contributed by atoms with Crippen LogP contribution in [0.15, 0.2) is 94.5 Å². The Balaban J connectivity index is 1.89. The molecule has 0 unspecified atom stereocenters. The van der Waals surface area contributed by atoms with Gasteiger partial charge in [0.15, 0.2) is 0 Å². The van der Waals surface area contributed by atoms with Gasteiger partial charge in [-0.3, -0.25) is 9.59 Å². The minimum Gasteiger partial charge on any atom is -0.320 e. The molecule has 0 bridgehead atoms. The zero-order valence-electron chi connectivity index (χ0n) is 17.1. The van der Waals surface area contributed by atoms with Crippen LogP contribution >= 0.6 is 0 Å². The minimum absolute atomic E-state index is 0.163. The van der Waals surface area contributed by atoms with Gasteiger partial charge in [0.05, 0.1) is 11.7 Å². The van der Waals surface area contributed by atoms with E-state index < -0.39 is 34.7 Å². The van der Waals surface area contributed by atoms with Gasteiger partial charge in [-0.25, -0.2) is 13.8 Å². The molecule has 0 aliphatic carbocycles. The predicted molar refractivity (Wildman–Crippen MR) is 119 cm³/mol. The second-order valence-electron chi connectivity index (χ2n) is 7.10. The van der Waals surface area contributed by atoms with Crippen LogP contribution in [0.3, 0.4) is 0 Å². The maximum atomic E-state index is 13.5. The van der Waals surface area contributed by atoms with Gasteiger partial charge >= 0.3 is 5.69 Å². The molecular weight excluding hydrogens is 411 g/mol. The summed E-state index contributed by atoms with van der Waals surface area (Å²) < 4.78 is 15.5. The number of para-hydroxylation sites is 1. The van der Waals surface area contributed by atoms with Gasteiger partial charge in [0.25, 0.3) is 11.5 Å². The van der Waals surface area contributed by atoms with Crippen molar-refractivity contribution in [2.24, 2.45) is 0 Å². The summed E-state index contributed by atoms with van der Waals surface area (Å²) in [6.07, 6.45) is 0. The van der Waals surface area contributed by atoms with Crippen LogP contribution in [0.5, 0.6) is 0 Å². The monoisotopic (exact) mass is 430 g/mol. The Morgan fingerprint density at radius 1 is 0.938 bits per heavy atom. The second kappa shape index (κ2) is 8.81. The third-order valence-corrected chi connectivity index (χ3v) is 4.98. The summed E-state index contributed by atoms with van der Waals surface area (Å²) in [7, 11) is 0. The van der Waals surface area contributed by atoms with Crippen LogP contribution in [-0.2, 0) is 0 Å². The first kappa shape index (κ1) is 20.9. The predicted octanol–water partition coefficient (Wildman–Crippen LogP) is 3.39. The molecule has 32 heavy (non-hydrogen) atoms. The van der Waals surface area contributed by atoms with Crippen LogP contribution in [0.25, 0.3) is 5.69 Å². The Kier molecular flexibility index (Phi) is 5.76. The van der Waals surface area contributed by atoms with Gasteiger partial charge in [0.1, 0.15) is 5.82 Å². The molecule has 1 heterocycles. The van der Waals surface area contributed by atoms with Crippen molar-refractivity contribution in [2.75, 3.05) is 5.32 Å². The first-order valence-electron chi connectivity index (χ1n) is 9.89. The lowest BCUT2D eigenvalue weighted by Gasteiger charge is -2.17. The molecule has 1 N–H and O–H groups in total. The van der Waals surface area contributed by atoms with E-state index in [0.29, 0.717) is 11.3 Å². The van der Waals surface area contributed by atoms with Crippen molar-refractivity contribution >= 4 is 11.6 Å². The Morgan fingerprint density at radius 2 is 1.59 bits per heavy atom. The maximum absolute atomic E-state index is 13.5. The van der Waals surface area contributed by atoms with E-state index in [2.05, 4.69) is 10.4 Å². The van der Waals surface area contributed by atoms with E-state index in [-0.39, 0.29) is 5.69 Å². The molecule has 0 radical (unpaired) electrons. The number of amides is 1. The van der Waals surface area contributed by atoms with Gasteiger partial charge in [-0.2, -0.15) is 9.78 Å². The van der Waals surface area contributed by atoms with Crippen molar-refractivity contribution in [1.82, 2.24) is 14.3 Å². The molecule has 0 saturated carbocycles. The van der Waals surface area contributed by atoms with Crippen LogP contribution in [-0.4, -0.2) is 20.3 Å². The summed E-state index contributed by atoms with van der Waals surface area (Å²) in [5.74, 6) is -1.39. The number of hydrogen-bond donors (Lipinski definition) is 1. The molecule has 1 amide bonds. The number of carbonyl (C=O) groups is 1. The van der Waals surface area contributed by atoms with E-state index in [9.17, 15) is 18.8 Å². The van der Waals surface area contributed by atoms with E-state index in [1.54, 1.807) is 61.5 Å². The second-order valence-corrected chi connectivity index (χ2v) is 7.10. The summed E-state index contributed by atoms with van der Waals surface area (Å²) in [5, 5.41) is 6.54. The van der Waals surface area contributed by atoms with Gasteiger partial charge < -0.3 is 5.32 Å². The summed E-state index contributed by atoms with van der Waals surface area (Å²) in [4.78, 5) is 39.4. The fourth-order valence-corrected chi connectivity index (χ4v) is 3.35. The topological polar surface area (TPSA) is 86.0 Å². The highest BCUT2D eigenvalue weighted by molar-refractivity contribution is 6.02. The Bertz CT molecular complexity index is 1380. The van der Waals surface area contributed by atoms with Crippen LogP contribution < -0.4 is 16.6 Å². The number of nitrogens with one attached hydrogen (secondary N) is 1. The highest BCUT2D eigenvalue weighted by atomic mass is 19.1. The number of carbonyl (C=O) groups excluding carboxylic acids is 1.